The Balaban J connectivity index is 0.000001000. The van der Waals surface area contributed by atoms with Crippen molar-refractivity contribution in [1.82, 2.24) is 0 Å². The van der Waals surface area contributed by atoms with Gasteiger partial charge in [0.15, 0.2) is 5.78 Å². The predicted octanol–water partition coefficient (Wildman–Crippen LogP) is -0.649. The van der Waals surface area contributed by atoms with Crippen LogP contribution in [0.3, 0.4) is 0 Å². The third kappa shape index (κ3) is 3.16. The van der Waals surface area contributed by atoms with Crippen molar-refractivity contribution >= 4 is 18.2 Å². The van der Waals surface area contributed by atoms with E-state index in [2.05, 4.69) is 0 Å². The Morgan fingerprint density at radius 1 is 1.55 bits per heavy atom. The van der Waals surface area contributed by atoms with Crippen molar-refractivity contribution in [2.24, 2.45) is 5.73 Å². The number of carbonyl (C=O) groups is 1. The van der Waals surface area contributed by atoms with Gasteiger partial charge in [-0.1, -0.05) is 0 Å². The van der Waals surface area contributed by atoms with E-state index in [1.165, 1.54) is 0 Å². The number of ether oxygens (including phenoxy) is 2. The van der Waals surface area contributed by atoms with Gasteiger partial charge in [0.25, 0.3) is 0 Å². The van der Waals surface area contributed by atoms with E-state index in [-0.39, 0.29) is 24.7 Å². The summed E-state index contributed by atoms with van der Waals surface area (Å²) in [5.41, 5.74) is 5.12. The van der Waals surface area contributed by atoms with Crippen molar-refractivity contribution in [3.8, 4) is 0 Å². The minimum Gasteiger partial charge on any atom is -0.376 e. The highest BCUT2D eigenvalue weighted by molar-refractivity contribution is 5.85. The van der Waals surface area contributed by atoms with Gasteiger partial charge in [-0.25, -0.2) is 0 Å². The van der Waals surface area contributed by atoms with Crippen LogP contribution in [0.25, 0.3) is 0 Å². The molecule has 1 rings (SSSR count). The number of ketones is 1. The van der Waals surface area contributed by atoms with E-state index in [4.69, 9.17) is 15.2 Å². The number of Topliss-reactive ketones (excluding diaryl/α,β-unsaturated/α-hetero) is 1. The van der Waals surface area contributed by atoms with Crippen LogP contribution in [0.15, 0.2) is 0 Å². The summed E-state index contributed by atoms with van der Waals surface area (Å²) in [7, 11) is 0. The average molecular weight is 182 g/mol. The molecule has 11 heavy (non-hydrogen) atoms. The Bertz CT molecular complexity index is 125. The predicted molar refractivity (Wildman–Crippen MR) is 41.9 cm³/mol. The van der Waals surface area contributed by atoms with Crippen molar-refractivity contribution in [3.05, 3.63) is 0 Å². The van der Waals surface area contributed by atoms with Crippen LogP contribution in [0.5, 0.6) is 0 Å². The number of carbonyl (C=O) groups excluding carboxylic acids is 1. The van der Waals surface area contributed by atoms with Gasteiger partial charge in [-0.3, -0.25) is 4.79 Å². The van der Waals surface area contributed by atoms with Crippen molar-refractivity contribution < 1.29 is 14.3 Å². The molecule has 4 nitrogen and oxygen atoms in total. The van der Waals surface area contributed by atoms with Crippen LogP contribution in [-0.2, 0) is 14.3 Å². The van der Waals surface area contributed by atoms with Gasteiger partial charge < -0.3 is 15.2 Å². The van der Waals surface area contributed by atoms with Gasteiger partial charge in [-0.15, -0.1) is 12.4 Å². The Hall–Kier alpha value is -0.160. The summed E-state index contributed by atoms with van der Waals surface area (Å²) in [4.78, 5) is 10.8. The summed E-state index contributed by atoms with van der Waals surface area (Å²) in [6.45, 7) is 1.47. The molecule has 0 saturated carbocycles. The van der Waals surface area contributed by atoms with Crippen molar-refractivity contribution in [2.45, 2.75) is 6.10 Å². The van der Waals surface area contributed by atoms with Gasteiger partial charge >= 0.3 is 0 Å². The second-order valence-electron chi connectivity index (χ2n) is 2.10. The second-order valence-corrected chi connectivity index (χ2v) is 2.10. The van der Waals surface area contributed by atoms with Gasteiger partial charge in [-0.05, 0) is 0 Å². The molecule has 5 heteroatoms. The van der Waals surface area contributed by atoms with Crippen LogP contribution in [-0.4, -0.2) is 38.3 Å². The summed E-state index contributed by atoms with van der Waals surface area (Å²) in [5.74, 6) is -0.0836. The zero-order chi connectivity index (χ0) is 7.40. The highest BCUT2D eigenvalue weighted by Gasteiger charge is 2.20. The quantitative estimate of drug-likeness (QED) is 0.615. The van der Waals surface area contributed by atoms with Crippen LogP contribution < -0.4 is 5.73 Å². The number of rotatable bonds is 2. The minimum atomic E-state index is -0.418. The highest BCUT2D eigenvalue weighted by Crippen LogP contribution is 2.00. The molecule has 0 aromatic carbocycles. The lowest BCUT2D eigenvalue weighted by atomic mass is 10.2. The van der Waals surface area contributed by atoms with E-state index >= 15 is 0 Å². The molecule has 1 unspecified atom stereocenters. The number of hydrogen-bond donors (Lipinski definition) is 1. The lowest BCUT2D eigenvalue weighted by molar-refractivity contribution is -0.143. The normalized spacial score (nSPS) is 23.9. The first kappa shape index (κ1) is 10.8. The van der Waals surface area contributed by atoms with Gasteiger partial charge in [0.05, 0.1) is 26.4 Å². The van der Waals surface area contributed by atoms with E-state index < -0.39 is 6.10 Å². The average Bonchev–Trinajstić information content (AvgIpc) is 2.05. The summed E-state index contributed by atoms with van der Waals surface area (Å²) < 4.78 is 10.1. The van der Waals surface area contributed by atoms with E-state index in [9.17, 15) is 4.79 Å². The first-order valence-corrected chi connectivity index (χ1v) is 3.26. The van der Waals surface area contributed by atoms with E-state index in [0.29, 0.717) is 19.8 Å². The van der Waals surface area contributed by atoms with Gasteiger partial charge in [0.1, 0.15) is 6.10 Å². The molecule has 0 spiro atoms. The molecule has 1 saturated heterocycles. The fraction of sp³-hybridized carbons (Fsp3) is 0.833. The van der Waals surface area contributed by atoms with E-state index in [0.717, 1.165) is 0 Å². The second kappa shape index (κ2) is 5.49. The van der Waals surface area contributed by atoms with Crippen LogP contribution in [0, 0.1) is 0 Å². The molecule has 1 aliphatic rings. The maximum Gasteiger partial charge on any atom is 0.177 e. The third-order valence-electron chi connectivity index (χ3n) is 1.38. The minimum absolute atomic E-state index is 0. The zero-order valence-electron chi connectivity index (χ0n) is 6.12. The summed E-state index contributed by atoms with van der Waals surface area (Å²) in [6, 6.07) is 0. The molecule has 1 fully saturated rings. The summed E-state index contributed by atoms with van der Waals surface area (Å²) in [5, 5.41) is 0. The molecule has 66 valence electrons. The molecule has 0 aromatic rings. The molecule has 0 aliphatic carbocycles. The molecule has 0 radical (unpaired) electrons. The molecule has 1 aliphatic heterocycles. The number of nitrogens with two attached hydrogens (primary N) is 1. The van der Waals surface area contributed by atoms with Gasteiger partial charge in [0, 0.05) is 0 Å². The Morgan fingerprint density at radius 3 is 2.73 bits per heavy atom. The Morgan fingerprint density at radius 2 is 2.27 bits per heavy atom. The molecular weight excluding hydrogens is 170 g/mol. The molecule has 1 atom stereocenters. The Labute approximate surface area is 71.4 Å². The topological polar surface area (TPSA) is 61.6 Å². The van der Waals surface area contributed by atoms with Crippen LogP contribution in [0.4, 0.5) is 0 Å². The Kier molecular flexibility index (Phi) is 5.41. The van der Waals surface area contributed by atoms with Crippen LogP contribution in [0.1, 0.15) is 0 Å². The molecular formula is C6H12ClNO3. The first-order chi connectivity index (χ1) is 4.84. The van der Waals surface area contributed by atoms with E-state index in [1.807, 2.05) is 0 Å². The largest absolute Gasteiger partial charge is 0.376 e. The zero-order valence-corrected chi connectivity index (χ0v) is 6.93. The van der Waals surface area contributed by atoms with Crippen molar-refractivity contribution in [2.75, 3.05) is 26.4 Å². The lowest BCUT2D eigenvalue weighted by Gasteiger charge is -2.20. The SMILES string of the molecule is Cl.NCC(=O)C1COCCO1. The fourth-order valence-corrected chi connectivity index (χ4v) is 0.805. The van der Waals surface area contributed by atoms with Crippen molar-refractivity contribution in [3.63, 3.8) is 0 Å². The molecule has 1 heterocycles. The maximum absolute atomic E-state index is 10.8. The highest BCUT2D eigenvalue weighted by atomic mass is 35.5. The maximum atomic E-state index is 10.8. The van der Waals surface area contributed by atoms with Crippen LogP contribution in [0.2, 0.25) is 0 Å². The molecule has 2 N–H and O–H groups in total. The first-order valence-electron chi connectivity index (χ1n) is 3.26. The number of halogens is 1. The van der Waals surface area contributed by atoms with Gasteiger partial charge in [-0.2, -0.15) is 0 Å². The van der Waals surface area contributed by atoms with Crippen LogP contribution >= 0.6 is 12.4 Å². The smallest absolute Gasteiger partial charge is 0.177 e. The van der Waals surface area contributed by atoms with Crippen molar-refractivity contribution in [1.29, 1.82) is 0 Å². The third-order valence-corrected chi connectivity index (χ3v) is 1.38. The monoisotopic (exact) mass is 181 g/mol. The molecule has 0 amide bonds. The van der Waals surface area contributed by atoms with Gasteiger partial charge in [0.2, 0.25) is 0 Å². The van der Waals surface area contributed by atoms with E-state index in [1.54, 1.807) is 0 Å². The fourth-order valence-electron chi connectivity index (χ4n) is 0.805. The lowest BCUT2D eigenvalue weighted by Crippen LogP contribution is -2.38. The summed E-state index contributed by atoms with van der Waals surface area (Å²) in [6.07, 6.45) is -0.418. The summed E-state index contributed by atoms with van der Waals surface area (Å²) >= 11 is 0. The standard InChI is InChI=1S/C6H11NO3.ClH/c7-3-5(8)6-4-9-1-2-10-6;/h6H,1-4,7H2;1H. The number of hydrogen-bond acceptors (Lipinski definition) is 4. The molecule has 0 bridgehead atoms. The molecule has 0 aromatic heterocycles.